The largest absolute Gasteiger partial charge is 0.347 e. The molecule has 0 saturated carbocycles. The van der Waals surface area contributed by atoms with Crippen molar-refractivity contribution in [2.24, 2.45) is 0 Å². The Hall–Kier alpha value is -3.49. The number of aromatic nitrogens is 5. The Bertz CT molecular complexity index is 899. The lowest BCUT2D eigenvalue weighted by molar-refractivity contribution is -0.129. The lowest BCUT2D eigenvalue weighted by Crippen LogP contribution is -2.26. The first kappa shape index (κ1) is 17.3. The van der Waals surface area contributed by atoms with Gasteiger partial charge in [-0.25, -0.2) is 9.36 Å². The third-order valence-corrected chi connectivity index (χ3v) is 3.68. The lowest BCUT2D eigenvalue weighted by atomic mass is 10.3. The highest BCUT2D eigenvalue weighted by atomic mass is 16.2. The zero-order chi connectivity index (χ0) is 18.5. The van der Waals surface area contributed by atoms with Crippen molar-refractivity contribution in [1.82, 2.24) is 35.0 Å². The van der Waals surface area contributed by atoms with Crippen LogP contribution in [-0.2, 0) is 17.9 Å². The summed E-state index contributed by atoms with van der Waals surface area (Å²) in [6.45, 7) is 0.353. The van der Waals surface area contributed by atoms with Crippen LogP contribution in [0.3, 0.4) is 0 Å². The Morgan fingerprint density at radius 3 is 2.65 bits per heavy atom. The van der Waals surface area contributed by atoms with Crippen LogP contribution in [0.4, 0.5) is 0 Å². The number of hydrogen-bond donors (Lipinski definition) is 1. The first-order valence-corrected chi connectivity index (χ1v) is 8.00. The van der Waals surface area contributed by atoms with Crippen LogP contribution in [0.25, 0.3) is 5.69 Å². The molecule has 2 amide bonds. The number of para-hydroxylation sites is 1. The van der Waals surface area contributed by atoms with Crippen LogP contribution in [0.1, 0.15) is 16.1 Å². The molecule has 0 unspecified atom stereocenters. The average molecular weight is 353 g/mol. The predicted molar refractivity (Wildman–Crippen MR) is 93.5 cm³/mol. The quantitative estimate of drug-likeness (QED) is 0.695. The molecule has 1 N–H and O–H groups in total. The maximum Gasteiger partial charge on any atom is 0.273 e. The van der Waals surface area contributed by atoms with Gasteiger partial charge in [-0.1, -0.05) is 23.4 Å². The molecule has 0 saturated heterocycles. The van der Waals surface area contributed by atoms with Crippen molar-refractivity contribution in [1.29, 1.82) is 0 Å². The smallest absolute Gasteiger partial charge is 0.273 e. The fraction of sp³-hybridized carbons (Fsp3) is 0.235. The Kier molecular flexibility index (Phi) is 5.07. The average Bonchev–Trinajstić information content (AvgIpc) is 3.30. The van der Waals surface area contributed by atoms with E-state index in [4.69, 9.17) is 0 Å². The Labute approximate surface area is 150 Å². The molecule has 134 valence electrons. The third kappa shape index (κ3) is 4.12. The molecule has 0 atom stereocenters. The number of benzene rings is 1. The molecule has 26 heavy (non-hydrogen) atoms. The minimum atomic E-state index is -0.360. The molecule has 0 radical (unpaired) electrons. The van der Waals surface area contributed by atoms with Gasteiger partial charge in [0.25, 0.3) is 5.91 Å². The standard InChI is InChI=1S/C17H19N7O2/c1-22(2)16(25)12-23-11-15(20-21-23)17(26)18-8-13-9-19-24(10-13)14-6-4-3-5-7-14/h3-7,9-11H,8,12H2,1-2H3,(H,18,26). The molecule has 0 aliphatic rings. The monoisotopic (exact) mass is 353 g/mol. The maximum absolute atomic E-state index is 12.2. The second-order valence-corrected chi connectivity index (χ2v) is 5.90. The van der Waals surface area contributed by atoms with Crippen LogP contribution in [-0.4, -0.2) is 55.6 Å². The first-order chi connectivity index (χ1) is 12.5. The number of nitrogens with one attached hydrogen (secondary N) is 1. The van der Waals surface area contributed by atoms with Crippen LogP contribution < -0.4 is 5.32 Å². The van der Waals surface area contributed by atoms with E-state index in [1.54, 1.807) is 25.0 Å². The molecule has 1 aromatic carbocycles. The molecule has 0 spiro atoms. The van der Waals surface area contributed by atoms with Gasteiger partial charge in [0.1, 0.15) is 6.54 Å². The Morgan fingerprint density at radius 2 is 1.92 bits per heavy atom. The Morgan fingerprint density at radius 1 is 1.15 bits per heavy atom. The van der Waals surface area contributed by atoms with Gasteiger partial charge in [-0.05, 0) is 12.1 Å². The predicted octanol–water partition coefficient (Wildman–Crippen LogP) is 0.482. The first-order valence-electron chi connectivity index (χ1n) is 8.00. The van der Waals surface area contributed by atoms with Crippen molar-refractivity contribution in [3.05, 3.63) is 60.2 Å². The van der Waals surface area contributed by atoms with Gasteiger partial charge in [-0.2, -0.15) is 5.10 Å². The summed E-state index contributed by atoms with van der Waals surface area (Å²) in [7, 11) is 3.31. The third-order valence-electron chi connectivity index (χ3n) is 3.68. The van der Waals surface area contributed by atoms with Crippen molar-refractivity contribution in [2.45, 2.75) is 13.1 Å². The summed E-state index contributed by atoms with van der Waals surface area (Å²) in [6.07, 6.45) is 4.99. The summed E-state index contributed by atoms with van der Waals surface area (Å²) in [6, 6.07) is 9.70. The van der Waals surface area contributed by atoms with Gasteiger partial charge < -0.3 is 10.2 Å². The van der Waals surface area contributed by atoms with E-state index in [1.807, 2.05) is 36.5 Å². The highest BCUT2D eigenvalue weighted by Gasteiger charge is 2.13. The van der Waals surface area contributed by atoms with Gasteiger partial charge in [-0.3, -0.25) is 9.59 Å². The van der Waals surface area contributed by atoms with Crippen LogP contribution in [0.15, 0.2) is 48.9 Å². The molecule has 2 heterocycles. The molecule has 0 aliphatic carbocycles. The van der Waals surface area contributed by atoms with Gasteiger partial charge in [0.2, 0.25) is 5.91 Å². The number of rotatable bonds is 6. The fourth-order valence-corrected chi connectivity index (χ4v) is 2.21. The lowest BCUT2D eigenvalue weighted by Gasteiger charge is -2.08. The van der Waals surface area contributed by atoms with E-state index in [1.165, 1.54) is 15.8 Å². The van der Waals surface area contributed by atoms with Gasteiger partial charge in [-0.15, -0.1) is 5.10 Å². The topological polar surface area (TPSA) is 97.9 Å². The highest BCUT2D eigenvalue weighted by Crippen LogP contribution is 2.07. The van der Waals surface area contributed by atoms with E-state index in [-0.39, 0.29) is 24.1 Å². The van der Waals surface area contributed by atoms with Crippen LogP contribution in [0.5, 0.6) is 0 Å². The normalized spacial score (nSPS) is 10.5. The molecule has 0 bridgehead atoms. The zero-order valence-corrected chi connectivity index (χ0v) is 14.5. The summed E-state index contributed by atoms with van der Waals surface area (Å²) in [5.74, 6) is -0.490. The van der Waals surface area contributed by atoms with Crippen molar-refractivity contribution in [3.8, 4) is 5.69 Å². The van der Waals surface area contributed by atoms with Crippen molar-refractivity contribution in [3.63, 3.8) is 0 Å². The minimum absolute atomic E-state index is 0.0388. The molecular formula is C17H19N7O2. The van der Waals surface area contributed by atoms with Crippen LogP contribution >= 0.6 is 0 Å². The molecule has 9 nitrogen and oxygen atoms in total. The SMILES string of the molecule is CN(C)C(=O)Cn1cc(C(=O)NCc2cnn(-c3ccccc3)c2)nn1. The summed E-state index contributed by atoms with van der Waals surface area (Å²) >= 11 is 0. The molecule has 3 aromatic rings. The fourth-order valence-electron chi connectivity index (χ4n) is 2.21. The second kappa shape index (κ2) is 7.60. The molecule has 0 aliphatic heterocycles. The minimum Gasteiger partial charge on any atom is -0.347 e. The van der Waals surface area contributed by atoms with Gasteiger partial charge in [0, 0.05) is 32.4 Å². The molecule has 3 rings (SSSR count). The molecule has 2 aromatic heterocycles. The molecule has 0 fully saturated rings. The van der Waals surface area contributed by atoms with E-state index >= 15 is 0 Å². The van der Waals surface area contributed by atoms with Crippen LogP contribution in [0, 0.1) is 0 Å². The summed E-state index contributed by atoms with van der Waals surface area (Å²) in [5.41, 5.74) is 1.96. The zero-order valence-electron chi connectivity index (χ0n) is 14.5. The van der Waals surface area contributed by atoms with E-state index < -0.39 is 0 Å². The number of carbonyl (C=O) groups excluding carboxylic acids is 2. The number of hydrogen-bond acceptors (Lipinski definition) is 5. The molecular weight excluding hydrogens is 334 g/mol. The van der Waals surface area contributed by atoms with E-state index in [9.17, 15) is 9.59 Å². The molecule has 9 heteroatoms. The maximum atomic E-state index is 12.2. The van der Waals surface area contributed by atoms with Gasteiger partial charge >= 0.3 is 0 Å². The van der Waals surface area contributed by atoms with Crippen molar-refractivity contribution in [2.75, 3.05) is 14.1 Å². The summed E-state index contributed by atoms with van der Waals surface area (Å²) in [4.78, 5) is 25.3. The van der Waals surface area contributed by atoms with E-state index in [0.29, 0.717) is 6.54 Å². The van der Waals surface area contributed by atoms with Crippen molar-refractivity contribution >= 4 is 11.8 Å². The van der Waals surface area contributed by atoms with E-state index in [2.05, 4.69) is 20.7 Å². The number of likely N-dealkylation sites (N-methyl/N-ethyl adjacent to an activating group) is 1. The number of amides is 2. The summed E-state index contributed by atoms with van der Waals surface area (Å²) in [5, 5.41) is 14.7. The van der Waals surface area contributed by atoms with Gasteiger partial charge in [0.15, 0.2) is 5.69 Å². The Balaban J connectivity index is 1.57. The number of nitrogens with zero attached hydrogens (tertiary/aromatic N) is 6. The number of carbonyl (C=O) groups is 2. The van der Waals surface area contributed by atoms with Gasteiger partial charge in [0.05, 0.1) is 18.1 Å². The summed E-state index contributed by atoms with van der Waals surface area (Å²) < 4.78 is 3.08. The van der Waals surface area contributed by atoms with E-state index in [0.717, 1.165) is 11.3 Å². The van der Waals surface area contributed by atoms with Crippen LogP contribution in [0.2, 0.25) is 0 Å². The van der Waals surface area contributed by atoms with Crippen molar-refractivity contribution < 1.29 is 9.59 Å². The highest BCUT2D eigenvalue weighted by molar-refractivity contribution is 5.91. The second-order valence-electron chi connectivity index (χ2n) is 5.90.